The van der Waals surface area contributed by atoms with Crippen molar-refractivity contribution in [2.24, 2.45) is 0 Å². The van der Waals surface area contributed by atoms with Gasteiger partial charge in [0, 0.05) is 36.1 Å². The van der Waals surface area contributed by atoms with E-state index in [1.807, 2.05) is 42.5 Å². The van der Waals surface area contributed by atoms with Gasteiger partial charge in [0.05, 0.1) is 0 Å². The molecule has 1 saturated heterocycles. The largest absolute Gasteiger partial charge is 0.348 e. The summed E-state index contributed by atoms with van der Waals surface area (Å²) < 4.78 is 0. The van der Waals surface area contributed by atoms with E-state index in [4.69, 9.17) is 11.6 Å². The summed E-state index contributed by atoms with van der Waals surface area (Å²) >= 11 is 5.94. The Kier molecular flexibility index (Phi) is 5.46. The lowest BCUT2D eigenvalue weighted by atomic mass is 10.0. The van der Waals surface area contributed by atoms with Gasteiger partial charge in [-0.25, -0.2) is 0 Å². The summed E-state index contributed by atoms with van der Waals surface area (Å²) in [4.78, 5) is 29.9. The van der Waals surface area contributed by atoms with Crippen LogP contribution in [0, 0.1) is 0 Å². The predicted molar refractivity (Wildman–Crippen MR) is 112 cm³/mol. The van der Waals surface area contributed by atoms with Gasteiger partial charge in [0.25, 0.3) is 11.5 Å². The highest BCUT2D eigenvalue weighted by Crippen LogP contribution is 2.16. The lowest BCUT2D eigenvalue weighted by molar-refractivity contribution is 0.0904. The number of piperidine rings is 1. The number of carbonyl (C=O) groups excluding carboxylic acids is 1. The van der Waals surface area contributed by atoms with Gasteiger partial charge in [0.15, 0.2) is 0 Å². The van der Waals surface area contributed by atoms with E-state index in [1.165, 1.54) is 5.56 Å². The number of aromatic nitrogens is 1. The number of carbonyl (C=O) groups is 1. The molecule has 2 heterocycles. The Labute approximate surface area is 168 Å². The van der Waals surface area contributed by atoms with Gasteiger partial charge in [0.1, 0.15) is 5.69 Å². The van der Waals surface area contributed by atoms with E-state index in [1.54, 1.807) is 12.1 Å². The molecule has 3 aromatic rings. The molecule has 0 spiro atoms. The van der Waals surface area contributed by atoms with Crippen LogP contribution in [0.3, 0.4) is 0 Å². The molecule has 28 heavy (non-hydrogen) atoms. The summed E-state index contributed by atoms with van der Waals surface area (Å²) in [6, 6.07) is 17.0. The number of H-pyrrole nitrogens is 1. The van der Waals surface area contributed by atoms with Gasteiger partial charge < -0.3 is 10.3 Å². The second kappa shape index (κ2) is 8.17. The zero-order valence-electron chi connectivity index (χ0n) is 15.5. The minimum Gasteiger partial charge on any atom is -0.348 e. The Morgan fingerprint density at radius 1 is 1.11 bits per heavy atom. The van der Waals surface area contributed by atoms with Crippen LogP contribution in [0.15, 0.2) is 59.4 Å². The van der Waals surface area contributed by atoms with Crippen molar-refractivity contribution in [2.75, 3.05) is 13.1 Å². The molecule has 0 bridgehead atoms. The Morgan fingerprint density at radius 2 is 1.82 bits per heavy atom. The number of amides is 1. The maximum absolute atomic E-state index is 12.6. The molecule has 2 N–H and O–H groups in total. The van der Waals surface area contributed by atoms with Crippen LogP contribution in [0.5, 0.6) is 0 Å². The summed E-state index contributed by atoms with van der Waals surface area (Å²) in [6.45, 7) is 2.72. The fourth-order valence-corrected chi connectivity index (χ4v) is 3.81. The van der Waals surface area contributed by atoms with E-state index in [9.17, 15) is 9.59 Å². The minimum absolute atomic E-state index is 0.115. The number of hydrogen-bond donors (Lipinski definition) is 2. The summed E-state index contributed by atoms with van der Waals surface area (Å²) in [5, 5.41) is 5.18. The number of pyridine rings is 1. The SMILES string of the molecule is O=C(NC1CCN(Cc2ccc(Cl)cc2)CC1)c1cc2ccccc2c(=O)[nH]1. The summed E-state index contributed by atoms with van der Waals surface area (Å²) in [6.07, 6.45) is 1.77. The fraction of sp³-hybridized carbons (Fsp3) is 0.273. The van der Waals surface area contributed by atoms with Crippen molar-refractivity contribution < 1.29 is 4.79 Å². The summed E-state index contributed by atoms with van der Waals surface area (Å²) in [5.41, 5.74) is 1.31. The third kappa shape index (κ3) is 4.26. The van der Waals surface area contributed by atoms with Crippen molar-refractivity contribution in [3.05, 3.63) is 81.2 Å². The molecule has 0 aliphatic carbocycles. The molecule has 5 nitrogen and oxygen atoms in total. The first-order valence-corrected chi connectivity index (χ1v) is 9.86. The Balaban J connectivity index is 1.35. The number of rotatable bonds is 4. The average molecular weight is 396 g/mol. The van der Waals surface area contributed by atoms with Crippen LogP contribution in [0.2, 0.25) is 5.02 Å². The average Bonchev–Trinajstić information content (AvgIpc) is 2.71. The molecular weight excluding hydrogens is 374 g/mol. The zero-order valence-corrected chi connectivity index (χ0v) is 16.2. The molecule has 1 aliphatic heterocycles. The van der Waals surface area contributed by atoms with Crippen LogP contribution < -0.4 is 10.9 Å². The molecule has 1 aliphatic rings. The number of nitrogens with one attached hydrogen (secondary N) is 2. The minimum atomic E-state index is -0.235. The molecule has 144 valence electrons. The number of halogens is 1. The monoisotopic (exact) mass is 395 g/mol. The van der Waals surface area contributed by atoms with E-state index in [0.717, 1.165) is 42.9 Å². The van der Waals surface area contributed by atoms with E-state index >= 15 is 0 Å². The Hall–Kier alpha value is -2.63. The first-order chi connectivity index (χ1) is 13.6. The predicted octanol–water partition coefficient (Wildman–Crippen LogP) is 3.58. The van der Waals surface area contributed by atoms with Crippen molar-refractivity contribution in [1.82, 2.24) is 15.2 Å². The molecule has 4 rings (SSSR count). The molecule has 0 atom stereocenters. The first kappa shape index (κ1) is 18.7. The number of likely N-dealkylation sites (tertiary alicyclic amines) is 1. The lowest BCUT2D eigenvalue weighted by Gasteiger charge is -2.32. The second-order valence-electron chi connectivity index (χ2n) is 7.25. The normalized spacial score (nSPS) is 15.6. The van der Waals surface area contributed by atoms with Gasteiger partial charge in [-0.15, -0.1) is 0 Å². The molecule has 2 aromatic carbocycles. The van der Waals surface area contributed by atoms with Crippen molar-refractivity contribution in [2.45, 2.75) is 25.4 Å². The molecular formula is C22H22ClN3O2. The van der Waals surface area contributed by atoms with Gasteiger partial charge in [-0.2, -0.15) is 0 Å². The van der Waals surface area contributed by atoms with E-state index in [2.05, 4.69) is 15.2 Å². The quantitative estimate of drug-likeness (QED) is 0.709. The van der Waals surface area contributed by atoms with Crippen molar-refractivity contribution in [3.63, 3.8) is 0 Å². The maximum atomic E-state index is 12.6. The Bertz CT molecular complexity index is 1040. The van der Waals surface area contributed by atoms with Gasteiger partial charge in [-0.1, -0.05) is 41.9 Å². The zero-order chi connectivity index (χ0) is 19.5. The maximum Gasteiger partial charge on any atom is 0.268 e. The van der Waals surface area contributed by atoms with Crippen LogP contribution in [-0.2, 0) is 6.54 Å². The number of benzene rings is 2. The topological polar surface area (TPSA) is 65.2 Å². The molecule has 0 unspecified atom stereocenters. The highest BCUT2D eigenvalue weighted by atomic mass is 35.5. The lowest BCUT2D eigenvalue weighted by Crippen LogP contribution is -2.44. The summed E-state index contributed by atoms with van der Waals surface area (Å²) in [5.74, 6) is -0.223. The molecule has 0 radical (unpaired) electrons. The van der Waals surface area contributed by atoms with E-state index in [0.29, 0.717) is 11.1 Å². The highest BCUT2D eigenvalue weighted by molar-refractivity contribution is 6.30. The van der Waals surface area contributed by atoms with Crippen LogP contribution in [0.25, 0.3) is 10.8 Å². The van der Waals surface area contributed by atoms with E-state index < -0.39 is 0 Å². The van der Waals surface area contributed by atoms with Crippen LogP contribution in [-0.4, -0.2) is 34.9 Å². The standard InChI is InChI=1S/C22H22ClN3O2/c23-17-7-5-15(6-8-17)14-26-11-9-18(10-12-26)24-22(28)20-13-16-3-1-2-4-19(16)21(27)25-20/h1-8,13,18H,9-12,14H2,(H,24,28)(H,25,27). The van der Waals surface area contributed by atoms with Crippen molar-refractivity contribution in [3.8, 4) is 0 Å². The van der Waals surface area contributed by atoms with Crippen molar-refractivity contribution >= 4 is 28.3 Å². The first-order valence-electron chi connectivity index (χ1n) is 9.48. The number of hydrogen-bond acceptors (Lipinski definition) is 3. The smallest absolute Gasteiger partial charge is 0.268 e. The fourth-order valence-electron chi connectivity index (χ4n) is 3.68. The molecule has 1 fully saturated rings. The van der Waals surface area contributed by atoms with Gasteiger partial charge in [0.2, 0.25) is 0 Å². The summed E-state index contributed by atoms with van der Waals surface area (Å²) in [7, 11) is 0. The number of nitrogens with zero attached hydrogens (tertiary/aromatic N) is 1. The van der Waals surface area contributed by atoms with Gasteiger partial charge in [-0.3, -0.25) is 14.5 Å². The van der Waals surface area contributed by atoms with Gasteiger partial charge in [-0.05, 0) is 48.1 Å². The molecule has 1 amide bonds. The third-order valence-electron chi connectivity index (χ3n) is 5.24. The number of aromatic amines is 1. The number of fused-ring (bicyclic) bond motifs is 1. The molecule has 6 heteroatoms. The van der Waals surface area contributed by atoms with Crippen LogP contribution in [0.1, 0.15) is 28.9 Å². The Morgan fingerprint density at radius 3 is 2.57 bits per heavy atom. The van der Waals surface area contributed by atoms with Crippen molar-refractivity contribution in [1.29, 1.82) is 0 Å². The van der Waals surface area contributed by atoms with Crippen LogP contribution in [0.4, 0.5) is 0 Å². The van der Waals surface area contributed by atoms with Gasteiger partial charge >= 0.3 is 0 Å². The highest BCUT2D eigenvalue weighted by Gasteiger charge is 2.21. The third-order valence-corrected chi connectivity index (χ3v) is 5.49. The molecule has 1 aromatic heterocycles. The van der Waals surface area contributed by atoms with Crippen LogP contribution >= 0.6 is 11.6 Å². The van der Waals surface area contributed by atoms with E-state index in [-0.39, 0.29) is 17.5 Å². The second-order valence-corrected chi connectivity index (χ2v) is 7.69. The molecule has 0 saturated carbocycles.